The van der Waals surface area contributed by atoms with E-state index in [0.717, 1.165) is 25.7 Å². The molecule has 0 aliphatic rings. The number of allylic oxidation sites excluding steroid dienone is 5. The highest BCUT2D eigenvalue weighted by Crippen LogP contribution is 1.98. The molecule has 0 saturated heterocycles. The smallest absolute Gasteiger partial charge is 0.0621 e. The Kier molecular flexibility index (Phi) is 10.6. The van der Waals surface area contributed by atoms with Crippen molar-refractivity contribution in [3.8, 4) is 6.07 Å². The van der Waals surface area contributed by atoms with E-state index in [1.807, 2.05) is 6.08 Å². The van der Waals surface area contributed by atoms with Crippen LogP contribution in [0, 0.1) is 11.3 Å². The van der Waals surface area contributed by atoms with Gasteiger partial charge < -0.3 is 0 Å². The Balaban J connectivity index is 3.24. The van der Waals surface area contributed by atoms with Gasteiger partial charge in [0.1, 0.15) is 0 Å². The van der Waals surface area contributed by atoms with E-state index < -0.39 is 0 Å². The number of unbranched alkanes of at least 4 members (excludes halogenated alkanes) is 4. The SMILES string of the molecule is C=CCCC/C=C/C=C/CCCC#N. The maximum Gasteiger partial charge on any atom is 0.0621 e. The van der Waals surface area contributed by atoms with Crippen LogP contribution in [0.2, 0.25) is 0 Å². The van der Waals surface area contributed by atoms with Gasteiger partial charge in [-0.15, -0.1) is 6.58 Å². The fourth-order valence-electron chi connectivity index (χ4n) is 1.03. The Labute approximate surface area is 87.4 Å². The lowest BCUT2D eigenvalue weighted by molar-refractivity contribution is 0.868. The number of nitriles is 1. The first-order chi connectivity index (χ1) is 6.91. The lowest BCUT2D eigenvalue weighted by atomic mass is 10.2. The highest BCUT2D eigenvalue weighted by molar-refractivity contribution is 5.02. The van der Waals surface area contributed by atoms with Gasteiger partial charge in [-0.25, -0.2) is 0 Å². The molecule has 0 aromatic carbocycles. The fourth-order valence-corrected chi connectivity index (χ4v) is 1.03. The van der Waals surface area contributed by atoms with E-state index in [9.17, 15) is 0 Å². The second kappa shape index (κ2) is 11.7. The number of hydrogen-bond donors (Lipinski definition) is 0. The molecule has 0 saturated carbocycles. The van der Waals surface area contributed by atoms with Gasteiger partial charge in [0.25, 0.3) is 0 Å². The summed E-state index contributed by atoms with van der Waals surface area (Å²) in [6.07, 6.45) is 16.4. The van der Waals surface area contributed by atoms with Crippen molar-refractivity contribution in [1.82, 2.24) is 0 Å². The van der Waals surface area contributed by atoms with Crippen LogP contribution in [-0.2, 0) is 0 Å². The van der Waals surface area contributed by atoms with Gasteiger partial charge in [-0.1, -0.05) is 30.4 Å². The average molecular weight is 189 g/mol. The van der Waals surface area contributed by atoms with Crippen LogP contribution in [0.1, 0.15) is 38.5 Å². The molecular formula is C13H19N. The monoisotopic (exact) mass is 189 g/mol. The molecule has 1 heteroatoms. The highest BCUT2D eigenvalue weighted by Gasteiger charge is 1.80. The first-order valence-corrected chi connectivity index (χ1v) is 5.21. The molecule has 0 fully saturated rings. The summed E-state index contributed by atoms with van der Waals surface area (Å²) < 4.78 is 0. The topological polar surface area (TPSA) is 23.8 Å². The van der Waals surface area contributed by atoms with Crippen molar-refractivity contribution in [1.29, 1.82) is 5.26 Å². The third-order valence-corrected chi connectivity index (χ3v) is 1.82. The van der Waals surface area contributed by atoms with Crippen LogP contribution in [0.5, 0.6) is 0 Å². The highest BCUT2D eigenvalue weighted by atomic mass is 14.2. The normalized spacial score (nSPS) is 10.8. The van der Waals surface area contributed by atoms with E-state index in [2.05, 4.69) is 37.0 Å². The lowest BCUT2D eigenvalue weighted by Crippen LogP contribution is -1.68. The molecule has 0 N–H and O–H groups in total. The lowest BCUT2D eigenvalue weighted by Gasteiger charge is -1.87. The van der Waals surface area contributed by atoms with Gasteiger partial charge in [0.2, 0.25) is 0 Å². The van der Waals surface area contributed by atoms with Gasteiger partial charge in [-0.3, -0.25) is 0 Å². The molecule has 0 aliphatic carbocycles. The number of hydrogen-bond acceptors (Lipinski definition) is 1. The van der Waals surface area contributed by atoms with Crippen LogP contribution in [-0.4, -0.2) is 0 Å². The standard InChI is InChI=1S/C13H19N/c1-2-3-4-5-6-7-8-9-10-11-12-13-14/h2,6-9H,1,3-5,10-12H2/b7-6+,9-8+. The second-order valence-corrected chi connectivity index (χ2v) is 3.13. The third kappa shape index (κ3) is 10.7. The van der Waals surface area contributed by atoms with Crippen molar-refractivity contribution in [2.45, 2.75) is 38.5 Å². The summed E-state index contributed by atoms with van der Waals surface area (Å²) in [6.45, 7) is 3.67. The van der Waals surface area contributed by atoms with Gasteiger partial charge in [-0.05, 0) is 32.1 Å². The predicted molar refractivity (Wildman–Crippen MR) is 61.8 cm³/mol. The zero-order chi connectivity index (χ0) is 10.5. The van der Waals surface area contributed by atoms with Gasteiger partial charge in [-0.2, -0.15) is 5.26 Å². The van der Waals surface area contributed by atoms with E-state index >= 15 is 0 Å². The minimum absolute atomic E-state index is 0.660. The van der Waals surface area contributed by atoms with Gasteiger partial charge in [0.15, 0.2) is 0 Å². The summed E-state index contributed by atoms with van der Waals surface area (Å²) in [6, 6.07) is 2.13. The average Bonchev–Trinajstić information content (AvgIpc) is 2.21. The molecule has 0 bridgehead atoms. The molecule has 0 atom stereocenters. The first-order valence-electron chi connectivity index (χ1n) is 5.21. The number of rotatable bonds is 8. The van der Waals surface area contributed by atoms with E-state index in [1.165, 1.54) is 6.42 Å². The molecular weight excluding hydrogens is 170 g/mol. The number of nitrogens with zero attached hydrogens (tertiary/aromatic N) is 1. The minimum atomic E-state index is 0.660. The predicted octanol–water partition coefficient (Wildman–Crippen LogP) is 4.15. The first kappa shape index (κ1) is 12.7. The summed E-state index contributed by atoms with van der Waals surface area (Å²) in [5.74, 6) is 0. The van der Waals surface area contributed by atoms with Crippen molar-refractivity contribution in [2.75, 3.05) is 0 Å². The molecule has 76 valence electrons. The Morgan fingerprint density at radius 3 is 2.21 bits per heavy atom. The molecule has 0 radical (unpaired) electrons. The second-order valence-electron chi connectivity index (χ2n) is 3.13. The van der Waals surface area contributed by atoms with E-state index in [0.29, 0.717) is 6.42 Å². The summed E-state index contributed by atoms with van der Waals surface area (Å²) in [7, 11) is 0. The fraction of sp³-hybridized carbons (Fsp3) is 0.462. The third-order valence-electron chi connectivity index (χ3n) is 1.82. The van der Waals surface area contributed by atoms with Crippen molar-refractivity contribution >= 4 is 0 Å². The minimum Gasteiger partial charge on any atom is -0.198 e. The Morgan fingerprint density at radius 2 is 1.64 bits per heavy atom. The van der Waals surface area contributed by atoms with Gasteiger partial charge in [0.05, 0.1) is 6.07 Å². The summed E-state index contributed by atoms with van der Waals surface area (Å²) in [5, 5.41) is 8.29. The molecule has 1 nitrogen and oxygen atoms in total. The van der Waals surface area contributed by atoms with Crippen molar-refractivity contribution in [3.63, 3.8) is 0 Å². The maximum atomic E-state index is 8.29. The van der Waals surface area contributed by atoms with Crippen LogP contribution in [0.4, 0.5) is 0 Å². The van der Waals surface area contributed by atoms with Crippen LogP contribution < -0.4 is 0 Å². The van der Waals surface area contributed by atoms with Crippen LogP contribution in [0.3, 0.4) is 0 Å². The zero-order valence-corrected chi connectivity index (χ0v) is 8.78. The van der Waals surface area contributed by atoms with E-state index in [-0.39, 0.29) is 0 Å². The van der Waals surface area contributed by atoms with Crippen LogP contribution >= 0.6 is 0 Å². The Morgan fingerprint density at radius 1 is 1.00 bits per heavy atom. The Hall–Kier alpha value is -1.29. The van der Waals surface area contributed by atoms with E-state index in [4.69, 9.17) is 5.26 Å². The van der Waals surface area contributed by atoms with Crippen LogP contribution in [0.15, 0.2) is 37.0 Å². The molecule has 0 spiro atoms. The molecule has 0 unspecified atom stereocenters. The quantitative estimate of drug-likeness (QED) is 0.319. The van der Waals surface area contributed by atoms with Crippen molar-refractivity contribution in [2.24, 2.45) is 0 Å². The summed E-state index contributed by atoms with van der Waals surface area (Å²) in [4.78, 5) is 0. The largest absolute Gasteiger partial charge is 0.198 e. The zero-order valence-electron chi connectivity index (χ0n) is 8.78. The molecule has 0 amide bonds. The maximum absolute atomic E-state index is 8.29. The molecule has 0 rings (SSSR count). The molecule has 14 heavy (non-hydrogen) atoms. The molecule has 0 aliphatic heterocycles. The van der Waals surface area contributed by atoms with E-state index in [1.54, 1.807) is 0 Å². The Bertz CT molecular complexity index is 218. The summed E-state index contributed by atoms with van der Waals surface area (Å²) >= 11 is 0. The van der Waals surface area contributed by atoms with Crippen molar-refractivity contribution in [3.05, 3.63) is 37.0 Å². The summed E-state index contributed by atoms with van der Waals surface area (Å²) in [5.41, 5.74) is 0. The molecule has 0 heterocycles. The van der Waals surface area contributed by atoms with Crippen molar-refractivity contribution < 1.29 is 0 Å². The molecule has 0 aromatic rings. The molecule has 0 aromatic heterocycles. The van der Waals surface area contributed by atoms with Gasteiger partial charge in [0, 0.05) is 6.42 Å². The van der Waals surface area contributed by atoms with Crippen LogP contribution in [0.25, 0.3) is 0 Å². The van der Waals surface area contributed by atoms with Gasteiger partial charge >= 0.3 is 0 Å².